The molecule has 5 nitrogen and oxygen atoms in total. The quantitative estimate of drug-likeness (QED) is 0.884. The molecule has 0 spiro atoms. The van der Waals surface area contributed by atoms with Crippen molar-refractivity contribution in [2.24, 2.45) is 0 Å². The van der Waals surface area contributed by atoms with E-state index in [2.05, 4.69) is 20.3 Å². The number of imidazole rings is 1. The van der Waals surface area contributed by atoms with E-state index in [1.165, 1.54) is 0 Å². The zero-order chi connectivity index (χ0) is 13.8. The molecule has 0 aliphatic heterocycles. The molecule has 5 heteroatoms. The summed E-state index contributed by atoms with van der Waals surface area (Å²) in [6, 6.07) is 5.71. The highest BCUT2D eigenvalue weighted by Gasteiger charge is 2.17. The number of aromatic amines is 1. The summed E-state index contributed by atoms with van der Waals surface area (Å²) in [6.07, 6.45) is 2.42. The molecule has 19 heavy (non-hydrogen) atoms. The van der Waals surface area contributed by atoms with E-state index in [-0.39, 0.29) is 11.9 Å². The van der Waals surface area contributed by atoms with E-state index in [0.29, 0.717) is 5.82 Å². The monoisotopic (exact) mass is 258 g/mol. The zero-order valence-electron chi connectivity index (χ0n) is 11.4. The third-order valence-electron chi connectivity index (χ3n) is 2.90. The van der Waals surface area contributed by atoms with Crippen LogP contribution in [0.25, 0.3) is 0 Å². The van der Waals surface area contributed by atoms with Gasteiger partial charge < -0.3 is 10.3 Å². The summed E-state index contributed by atoms with van der Waals surface area (Å²) < 4.78 is 0. The number of nitrogens with one attached hydrogen (secondary N) is 2. The molecule has 100 valence electrons. The van der Waals surface area contributed by atoms with Gasteiger partial charge in [-0.3, -0.25) is 9.78 Å². The lowest BCUT2D eigenvalue weighted by Gasteiger charge is -2.16. The molecule has 0 radical (unpaired) electrons. The van der Waals surface area contributed by atoms with Crippen molar-refractivity contribution in [3.05, 3.63) is 47.3 Å². The summed E-state index contributed by atoms with van der Waals surface area (Å²) >= 11 is 0. The minimum atomic E-state index is -0.205. The van der Waals surface area contributed by atoms with Crippen LogP contribution >= 0.6 is 0 Å². The Bertz CT molecular complexity index is 576. The molecular weight excluding hydrogens is 240 g/mol. The fourth-order valence-electron chi connectivity index (χ4n) is 1.90. The second-order valence-electron chi connectivity index (χ2n) is 4.55. The minimum absolute atomic E-state index is 0.0993. The highest BCUT2D eigenvalue weighted by molar-refractivity contribution is 5.90. The van der Waals surface area contributed by atoms with Gasteiger partial charge in [0.15, 0.2) is 5.82 Å². The van der Waals surface area contributed by atoms with E-state index in [1.807, 2.05) is 39.0 Å². The third kappa shape index (κ3) is 3.19. The fourth-order valence-corrected chi connectivity index (χ4v) is 1.90. The average molecular weight is 258 g/mol. The molecule has 0 bridgehead atoms. The lowest BCUT2D eigenvalue weighted by atomic mass is 10.1. The second-order valence-corrected chi connectivity index (χ2v) is 4.55. The van der Waals surface area contributed by atoms with Crippen molar-refractivity contribution in [1.29, 1.82) is 0 Å². The van der Waals surface area contributed by atoms with Gasteiger partial charge in [0.1, 0.15) is 0 Å². The molecule has 2 aromatic heterocycles. The molecule has 2 rings (SSSR count). The molecule has 0 aliphatic rings. The Morgan fingerprint density at radius 3 is 2.79 bits per heavy atom. The Morgan fingerprint density at radius 1 is 1.42 bits per heavy atom. The van der Waals surface area contributed by atoms with Gasteiger partial charge in [0.25, 0.3) is 5.91 Å². The maximum atomic E-state index is 12.1. The molecule has 2 heterocycles. The standard InChI is InChI=1S/C14H18N4O/c1-4-11(12-7-5-6-9(2)16-12)18-14(19)13-15-8-10(3)17-13/h5-8,11H,4H2,1-3H3,(H,15,17)(H,18,19)/t11-/m1/s1. The lowest BCUT2D eigenvalue weighted by Crippen LogP contribution is -2.29. The summed E-state index contributed by atoms with van der Waals surface area (Å²) in [5, 5.41) is 2.94. The van der Waals surface area contributed by atoms with Crippen LogP contribution in [0.4, 0.5) is 0 Å². The molecular formula is C14H18N4O. The molecule has 2 aromatic rings. The molecule has 1 atom stereocenters. The zero-order valence-corrected chi connectivity index (χ0v) is 11.4. The Balaban J connectivity index is 2.13. The van der Waals surface area contributed by atoms with E-state index in [0.717, 1.165) is 23.5 Å². The van der Waals surface area contributed by atoms with Crippen molar-refractivity contribution in [2.75, 3.05) is 0 Å². The average Bonchev–Trinajstić information content (AvgIpc) is 2.82. The summed E-state index contributed by atoms with van der Waals surface area (Å²) in [4.78, 5) is 23.5. The van der Waals surface area contributed by atoms with Crippen molar-refractivity contribution in [3.8, 4) is 0 Å². The largest absolute Gasteiger partial charge is 0.341 e. The number of hydrogen-bond acceptors (Lipinski definition) is 3. The number of aryl methyl sites for hydroxylation is 2. The number of H-pyrrole nitrogens is 1. The first kappa shape index (κ1) is 13.3. The predicted octanol–water partition coefficient (Wildman–Crippen LogP) is 2.30. The number of aromatic nitrogens is 3. The van der Waals surface area contributed by atoms with Gasteiger partial charge in [-0.25, -0.2) is 4.98 Å². The molecule has 1 amide bonds. The predicted molar refractivity (Wildman–Crippen MR) is 72.8 cm³/mol. The van der Waals surface area contributed by atoms with Gasteiger partial charge in [-0.15, -0.1) is 0 Å². The van der Waals surface area contributed by atoms with Crippen LogP contribution in [-0.4, -0.2) is 20.9 Å². The smallest absolute Gasteiger partial charge is 0.287 e. The molecule has 0 aromatic carbocycles. The Hall–Kier alpha value is -2.17. The molecule has 0 saturated carbocycles. The molecule has 0 unspecified atom stereocenters. The van der Waals surface area contributed by atoms with Crippen molar-refractivity contribution >= 4 is 5.91 Å². The molecule has 2 N–H and O–H groups in total. The maximum Gasteiger partial charge on any atom is 0.287 e. The Morgan fingerprint density at radius 2 is 2.21 bits per heavy atom. The van der Waals surface area contributed by atoms with E-state index < -0.39 is 0 Å². The molecule has 0 saturated heterocycles. The number of nitrogens with zero attached hydrogens (tertiary/aromatic N) is 2. The van der Waals surface area contributed by atoms with Crippen LogP contribution < -0.4 is 5.32 Å². The number of hydrogen-bond donors (Lipinski definition) is 2. The van der Waals surface area contributed by atoms with Crippen LogP contribution in [0.15, 0.2) is 24.4 Å². The van der Waals surface area contributed by atoms with Crippen molar-refractivity contribution in [2.45, 2.75) is 33.2 Å². The van der Waals surface area contributed by atoms with E-state index in [9.17, 15) is 4.79 Å². The third-order valence-corrected chi connectivity index (χ3v) is 2.90. The molecule has 0 aliphatic carbocycles. The van der Waals surface area contributed by atoms with Crippen LogP contribution in [0, 0.1) is 13.8 Å². The van der Waals surface area contributed by atoms with Gasteiger partial charge in [-0.2, -0.15) is 0 Å². The Kier molecular flexibility index (Phi) is 3.94. The first-order chi connectivity index (χ1) is 9.10. The van der Waals surface area contributed by atoms with Crippen LogP contribution in [-0.2, 0) is 0 Å². The minimum Gasteiger partial charge on any atom is -0.341 e. The van der Waals surface area contributed by atoms with Gasteiger partial charge >= 0.3 is 0 Å². The van der Waals surface area contributed by atoms with E-state index in [1.54, 1.807) is 6.20 Å². The highest BCUT2D eigenvalue weighted by atomic mass is 16.2. The lowest BCUT2D eigenvalue weighted by molar-refractivity contribution is 0.0925. The van der Waals surface area contributed by atoms with Crippen LogP contribution in [0.1, 0.15) is 47.1 Å². The van der Waals surface area contributed by atoms with Gasteiger partial charge in [0, 0.05) is 17.6 Å². The Labute approximate surface area is 112 Å². The van der Waals surface area contributed by atoms with Crippen molar-refractivity contribution < 1.29 is 4.79 Å². The summed E-state index contributed by atoms with van der Waals surface area (Å²) in [7, 11) is 0. The first-order valence-electron chi connectivity index (χ1n) is 6.36. The van der Waals surface area contributed by atoms with Crippen LogP contribution in [0.2, 0.25) is 0 Å². The first-order valence-corrected chi connectivity index (χ1v) is 6.36. The van der Waals surface area contributed by atoms with E-state index in [4.69, 9.17) is 0 Å². The van der Waals surface area contributed by atoms with Gasteiger partial charge in [-0.05, 0) is 32.4 Å². The van der Waals surface area contributed by atoms with Crippen molar-refractivity contribution in [3.63, 3.8) is 0 Å². The summed E-state index contributed by atoms with van der Waals surface area (Å²) in [5.74, 6) is 0.131. The number of pyridine rings is 1. The number of carbonyl (C=O) groups excluding carboxylic acids is 1. The maximum absolute atomic E-state index is 12.1. The summed E-state index contributed by atoms with van der Waals surface area (Å²) in [6.45, 7) is 5.82. The van der Waals surface area contributed by atoms with Gasteiger partial charge in [-0.1, -0.05) is 13.0 Å². The normalized spacial score (nSPS) is 12.2. The summed E-state index contributed by atoms with van der Waals surface area (Å²) in [5.41, 5.74) is 2.69. The van der Waals surface area contributed by atoms with Gasteiger partial charge in [0.05, 0.1) is 11.7 Å². The fraction of sp³-hybridized carbons (Fsp3) is 0.357. The number of amides is 1. The topological polar surface area (TPSA) is 70.7 Å². The second kappa shape index (κ2) is 5.65. The molecule has 0 fully saturated rings. The van der Waals surface area contributed by atoms with Crippen LogP contribution in [0.3, 0.4) is 0 Å². The van der Waals surface area contributed by atoms with Gasteiger partial charge in [0.2, 0.25) is 0 Å². The van der Waals surface area contributed by atoms with Crippen molar-refractivity contribution in [1.82, 2.24) is 20.3 Å². The number of carbonyl (C=O) groups is 1. The number of rotatable bonds is 4. The highest BCUT2D eigenvalue weighted by Crippen LogP contribution is 2.15. The van der Waals surface area contributed by atoms with E-state index >= 15 is 0 Å². The SMILES string of the molecule is CC[C@@H](NC(=O)c1ncc(C)[nH]1)c1cccc(C)n1. The van der Waals surface area contributed by atoms with Crippen LogP contribution in [0.5, 0.6) is 0 Å².